The Hall–Kier alpha value is -4.53. The second-order valence-electron chi connectivity index (χ2n) is 18.0. The summed E-state index contributed by atoms with van der Waals surface area (Å²) in [6.45, 7) is 6.55. The fraction of sp³-hybridized carbons (Fsp3) is 0.578. The largest absolute Gasteiger partial charge is 0.496 e. The molecular weight excluding hydrogens is 763 g/mol. The van der Waals surface area contributed by atoms with Gasteiger partial charge in [-0.1, -0.05) is 37.3 Å². The van der Waals surface area contributed by atoms with Gasteiger partial charge in [0.1, 0.15) is 11.2 Å². The van der Waals surface area contributed by atoms with Gasteiger partial charge in [-0.2, -0.15) is 0 Å². The van der Waals surface area contributed by atoms with Crippen molar-refractivity contribution in [2.45, 2.75) is 93.5 Å². The van der Waals surface area contributed by atoms with Gasteiger partial charge in [0.2, 0.25) is 11.5 Å². The number of hydrogen-bond donors (Lipinski definition) is 2. The zero-order chi connectivity index (χ0) is 42.0. The van der Waals surface area contributed by atoms with Crippen LogP contribution < -0.4 is 9.64 Å². The number of aromatic nitrogens is 1. The third kappa shape index (κ3) is 5.17. The zero-order valence-corrected chi connectivity index (χ0v) is 34.8. The number of halogens is 2. The Balaban J connectivity index is 1.35. The average Bonchev–Trinajstić information content (AvgIpc) is 3.86. The normalized spacial score (nSPS) is 35.8. The maximum atomic E-state index is 15.3. The van der Waals surface area contributed by atoms with E-state index in [4.69, 9.17) is 18.9 Å². The van der Waals surface area contributed by atoms with E-state index in [1.54, 1.807) is 0 Å². The summed E-state index contributed by atoms with van der Waals surface area (Å²) < 4.78 is 54.3. The molecule has 2 aromatic carbocycles. The van der Waals surface area contributed by atoms with Gasteiger partial charge in [-0.15, -0.1) is 0 Å². The molecule has 6 heterocycles. The zero-order valence-electron chi connectivity index (χ0n) is 34.8. The van der Waals surface area contributed by atoms with Crippen LogP contribution in [0.5, 0.6) is 5.75 Å². The molecule has 12 nitrogen and oxygen atoms in total. The Kier molecular flexibility index (Phi) is 9.12. The first kappa shape index (κ1) is 39.9. The number of aromatic amines is 1. The fourth-order valence-electron chi connectivity index (χ4n) is 13.2. The van der Waals surface area contributed by atoms with Crippen LogP contribution in [0.4, 0.5) is 14.5 Å². The number of methoxy groups -OCH3 is 3. The molecule has 0 amide bonds. The number of carbonyl (C=O) groups excluding carboxylic acids is 3. The number of para-hydroxylation sites is 1. The van der Waals surface area contributed by atoms with Gasteiger partial charge in [-0.05, 0) is 68.3 Å². The molecule has 1 aliphatic carbocycles. The van der Waals surface area contributed by atoms with Crippen molar-refractivity contribution in [2.24, 2.45) is 17.3 Å². The minimum absolute atomic E-state index is 0.155. The number of carbonyl (C=O) groups is 3. The van der Waals surface area contributed by atoms with Crippen LogP contribution in [0, 0.1) is 17.3 Å². The van der Waals surface area contributed by atoms with Gasteiger partial charge in [-0.3, -0.25) is 19.4 Å². The van der Waals surface area contributed by atoms with Crippen molar-refractivity contribution in [1.29, 1.82) is 0 Å². The lowest BCUT2D eigenvalue weighted by Gasteiger charge is -2.63. The van der Waals surface area contributed by atoms with Gasteiger partial charge < -0.3 is 33.9 Å². The number of alkyl halides is 2. The molecule has 3 fully saturated rings. The second kappa shape index (κ2) is 13.5. The number of hydrogen-bond acceptors (Lipinski definition) is 11. The lowest BCUT2D eigenvalue weighted by Crippen LogP contribution is -2.81. The number of likely N-dealkylation sites (N-methyl/N-ethyl adjacent to an activating group) is 1. The molecule has 1 saturated carbocycles. The highest BCUT2D eigenvalue weighted by molar-refractivity contribution is 5.95. The van der Waals surface area contributed by atoms with E-state index in [9.17, 15) is 14.7 Å². The molecule has 10 atom stereocenters. The number of nitrogens with zero attached hydrogens (tertiary/aromatic N) is 3. The maximum absolute atomic E-state index is 15.3. The van der Waals surface area contributed by atoms with Crippen molar-refractivity contribution in [2.75, 3.05) is 59.5 Å². The molecule has 1 spiro atoms. The van der Waals surface area contributed by atoms with E-state index in [2.05, 4.69) is 14.8 Å². The average molecular weight is 817 g/mol. The van der Waals surface area contributed by atoms with Crippen LogP contribution in [0.25, 0.3) is 10.9 Å². The van der Waals surface area contributed by atoms with Crippen LogP contribution in [0.3, 0.4) is 0 Å². The third-order valence-corrected chi connectivity index (χ3v) is 15.3. The topological polar surface area (TPSA) is 134 Å². The Morgan fingerprint density at radius 2 is 1.78 bits per heavy atom. The summed E-state index contributed by atoms with van der Waals surface area (Å²) in [5, 5.41) is 14.2. The fourth-order valence-corrected chi connectivity index (χ4v) is 13.2. The second-order valence-corrected chi connectivity index (χ2v) is 18.0. The van der Waals surface area contributed by atoms with Crippen molar-refractivity contribution < 1.29 is 47.2 Å². The summed E-state index contributed by atoms with van der Waals surface area (Å²) in [6, 6.07) is 10.3. The van der Waals surface area contributed by atoms with E-state index in [1.807, 2.05) is 67.4 Å². The van der Waals surface area contributed by atoms with Gasteiger partial charge in [0.05, 0.1) is 27.4 Å². The van der Waals surface area contributed by atoms with Crippen LogP contribution in [0.1, 0.15) is 68.8 Å². The molecule has 14 heteroatoms. The van der Waals surface area contributed by atoms with Gasteiger partial charge >= 0.3 is 17.9 Å². The van der Waals surface area contributed by atoms with Gasteiger partial charge in [0.15, 0.2) is 6.10 Å². The highest BCUT2D eigenvalue weighted by Gasteiger charge is 2.80. The van der Waals surface area contributed by atoms with Gasteiger partial charge in [0, 0.05) is 96.9 Å². The predicted octanol–water partition coefficient (Wildman–Crippen LogP) is 5.08. The summed E-state index contributed by atoms with van der Waals surface area (Å²) >= 11 is 0. The minimum atomic E-state index is -2.94. The number of anilines is 1. The number of nitrogens with one attached hydrogen (secondary N) is 1. The van der Waals surface area contributed by atoms with Crippen molar-refractivity contribution in [3.63, 3.8) is 0 Å². The van der Waals surface area contributed by atoms with Crippen LogP contribution in [-0.4, -0.2) is 122 Å². The summed E-state index contributed by atoms with van der Waals surface area (Å²) in [7, 11) is 5.94. The highest BCUT2D eigenvalue weighted by Crippen LogP contribution is 2.68. The molecular formula is C45H54F2N4O8. The Morgan fingerprint density at radius 3 is 2.46 bits per heavy atom. The number of piperidine rings is 1. The Morgan fingerprint density at radius 1 is 1.03 bits per heavy atom. The Labute approximate surface area is 342 Å². The number of benzene rings is 2. The molecule has 1 aromatic heterocycles. The van der Waals surface area contributed by atoms with E-state index in [-0.39, 0.29) is 31.3 Å². The number of ether oxygens (including phenoxy) is 4. The van der Waals surface area contributed by atoms with Crippen molar-refractivity contribution in [1.82, 2.24) is 14.8 Å². The molecule has 316 valence electrons. The Bertz CT molecular complexity index is 2270. The smallest absolute Gasteiger partial charge is 0.344 e. The van der Waals surface area contributed by atoms with Crippen molar-refractivity contribution in [3.8, 4) is 5.75 Å². The monoisotopic (exact) mass is 816 g/mol. The third-order valence-electron chi connectivity index (χ3n) is 15.3. The summed E-state index contributed by atoms with van der Waals surface area (Å²) in [4.78, 5) is 52.5. The van der Waals surface area contributed by atoms with E-state index < -0.39 is 63.7 Å². The molecule has 59 heavy (non-hydrogen) atoms. The summed E-state index contributed by atoms with van der Waals surface area (Å²) in [6.07, 6.45) is 4.04. The molecule has 3 aromatic rings. The van der Waals surface area contributed by atoms with E-state index in [0.717, 1.165) is 29.0 Å². The first-order valence-electron chi connectivity index (χ1n) is 20.7. The SMILES string of the molecule is CC[C@]12C=CCN3CC[C@]4(c5cc([C@]6(C(=O)OC)C[C@H]7C[C@H](C(C)(F)F)CN(Cc8c6[nH]c6ccccc86)C7)c(OC)cc5N(C)[C@@H]4[C@](O)(C(=O)OC)[C@H]1OC(C)=O)[C@@H]32. The van der Waals surface area contributed by atoms with Gasteiger partial charge in [0.25, 0.3) is 0 Å². The van der Waals surface area contributed by atoms with E-state index in [0.29, 0.717) is 61.7 Å². The molecule has 2 saturated heterocycles. The lowest BCUT2D eigenvalue weighted by molar-refractivity contribution is -0.228. The number of aliphatic hydroxyl groups is 1. The predicted molar refractivity (Wildman–Crippen MR) is 214 cm³/mol. The first-order valence-corrected chi connectivity index (χ1v) is 20.7. The summed E-state index contributed by atoms with van der Waals surface area (Å²) in [5.41, 5.74) is -1.64. The maximum Gasteiger partial charge on any atom is 0.344 e. The van der Waals surface area contributed by atoms with Gasteiger partial charge in [-0.25, -0.2) is 13.6 Å². The molecule has 2 bridgehead atoms. The van der Waals surface area contributed by atoms with Crippen LogP contribution in [0.15, 0.2) is 48.6 Å². The molecule has 1 unspecified atom stereocenters. The van der Waals surface area contributed by atoms with Crippen molar-refractivity contribution >= 4 is 34.5 Å². The number of fused-ring (bicyclic) bond motifs is 6. The minimum Gasteiger partial charge on any atom is -0.496 e. The van der Waals surface area contributed by atoms with Crippen LogP contribution >= 0.6 is 0 Å². The first-order chi connectivity index (χ1) is 28.1. The number of esters is 3. The molecule has 6 aliphatic rings. The molecule has 5 aliphatic heterocycles. The quantitative estimate of drug-likeness (QED) is 0.188. The van der Waals surface area contributed by atoms with Crippen molar-refractivity contribution in [3.05, 3.63) is 70.9 Å². The van der Waals surface area contributed by atoms with E-state index in [1.165, 1.54) is 28.3 Å². The molecule has 2 N–H and O–H groups in total. The van der Waals surface area contributed by atoms with Crippen LogP contribution in [-0.2, 0) is 46.0 Å². The number of rotatable bonds is 7. The standard InChI is InChI=1S/C45H54F2N4O8/c1-8-42-14-11-16-51-17-15-43(36(42)51)30-19-31(34(56-5)20-33(30)49(4)37(43)45(55,40(54)58-7)38(42)59-25(2)52)44(39(53)57-6)21-26-18-27(41(3,46)47)23-50(22-26)24-29-28-12-9-10-13-32(28)48-35(29)44/h9-14,19-20,26-27,36-38,48,55H,8,15-18,21-24H2,1-7H3/t26-,27+,36+,37+,38+,42-,43+,44-,45-/m1/s1. The summed E-state index contributed by atoms with van der Waals surface area (Å²) in [5.74, 6) is -5.92. The van der Waals surface area contributed by atoms with Crippen LogP contribution in [0.2, 0.25) is 0 Å². The molecule has 9 rings (SSSR count). The van der Waals surface area contributed by atoms with E-state index >= 15 is 13.6 Å². The number of H-pyrrole nitrogens is 1. The lowest BCUT2D eigenvalue weighted by atomic mass is 9.47. The molecule has 0 radical (unpaired) electrons. The highest BCUT2D eigenvalue weighted by atomic mass is 19.3.